The molecule has 1 aliphatic rings. The van der Waals surface area contributed by atoms with Crippen molar-refractivity contribution in [2.75, 3.05) is 19.8 Å². The van der Waals surface area contributed by atoms with E-state index in [1.807, 2.05) is 18.2 Å². The Bertz CT molecular complexity index is 761. The van der Waals surface area contributed by atoms with Crippen molar-refractivity contribution in [3.8, 4) is 17.2 Å². The average Bonchev–Trinajstić information content (AvgIpc) is 2.65. The van der Waals surface area contributed by atoms with Gasteiger partial charge < -0.3 is 19.5 Å². The summed E-state index contributed by atoms with van der Waals surface area (Å²) in [6.45, 7) is 5.14. The topological polar surface area (TPSA) is 56.8 Å². The maximum absolute atomic E-state index is 12.3. The highest BCUT2D eigenvalue weighted by Crippen LogP contribution is 2.34. The van der Waals surface area contributed by atoms with Gasteiger partial charge in [-0.05, 0) is 47.9 Å². The maximum atomic E-state index is 12.3. The summed E-state index contributed by atoms with van der Waals surface area (Å²) in [4.78, 5) is 12.3. The highest BCUT2D eigenvalue weighted by molar-refractivity contribution is 6.30. The van der Waals surface area contributed by atoms with Gasteiger partial charge in [0.2, 0.25) is 0 Å². The number of amides is 1. The van der Waals surface area contributed by atoms with Gasteiger partial charge in [0.25, 0.3) is 5.91 Å². The number of benzene rings is 2. The Morgan fingerprint density at radius 1 is 1.12 bits per heavy atom. The van der Waals surface area contributed by atoms with Crippen LogP contribution in [0, 0.1) is 5.92 Å². The van der Waals surface area contributed by atoms with E-state index in [2.05, 4.69) is 19.2 Å². The molecule has 0 bridgehead atoms. The Hall–Kier alpha value is -2.40. The van der Waals surface area contributed by atoms with Crippen molar-refractivity contribution >= 4 is 17.5 Å². The van der Waals surface area contributed by atoms with E-state index in [9.17, 15) is 4.79 Å². The van der Waals surface area contributed by atoms with E-state index in [1.165, 1.54) is 0 Å². The second kappa shape index (κ2) is 8.32. The summed E-state index contributed by atoms with van der Waals surface area (Å²) in [6.07, 6.45) is 0. The molecule has 0 saturated carbocycles. The lowest BCUT2D eigenvalue weighted by atomic mass is 9.95. The van der Waals surface area contributed by atoms with Crippen LogP contribution in [0.4, 0.5) is 0 Å². The van der Waals surface area contributed by atoms with Crippen LogP contribution in [-0.4, -0.2) is 25.7 Å². The van der Waals surface area contributed by atoms with Gasteiger partial charge in [-0.1, -0.05) is 31.5 Å². The van der Waals surface area contributed by atoms with E-state index in [-0.39, 0.29) is 24.5 Å². The molecule has 1 unspecified atom stereocenters. The number of carbonyl (C=O) groups excluding carboxylic acids is 1. The molecule has 2 aromatic carbocycles. The van der Waals surface area contributed by atoms with Crippen LogP contribution in [0.25, 0.3) is 0 Å². The first-order chi connectivity index (χ1) is 12.5. The Kier molecular flexibility index (Phi) is 5.89. The molecule has 1 N–H and O–H groups in total. The number of fused-ring (bicyclic) bond motifs is 1. The normalized spacial score (nSPS) is 14.0. The Balaban J connectivity index is 1.64. The Morgan fingerprint density at radius 2 is 1.81 bits per heavy atom. The van der Waals surface area contributed by atoms with Crippen molar-refractivity contribution in [3.05, 3.63) is 53.1 Å². The molecule has 0 aliphatic carbocycles. The number of rotatable bonds is 6. The van der Waals surface area contributed by atoms with Crippen LogP contribution < -0.4 is 19.5 Å². The predicted octanol–water partition coefficient (Wildman–Crippen LogP) is 4.00. The van der Waals surface area contributed by atoms with E-state index in [0.29, 0.717) is 29.7 Å². The molecule has 26 heavy (non-hydrogen) atoms. The fourth-order valence-corrected chi connectivity index (χ4v) is 2.91. The van der Waals surface area contributed by atoms with Crippen molar-refractivity contribution < 1.29 is 19.0 Å². The van der Waals surface area contributed by atoms with E-state index in [1.54, 1.807) is 24.3 Å². The molecule has 138 valence electrons. The third-order valence-corrected chi connectivity index (χ3v) is 4.34. The number of hydrogen-bond acceptors (Lipinski definition) is 4. The van der Waals surface area contributed by atoms with Crippen molar-refractivity contribution in [2.24, 2.45) is 5.92 Å². The summed E-state index contributed by atoms with van der Waals surface area (Å²) in [7, 11) is 0. The van der Waals surface area contributed by atoms with Crippen molar-refractivity contribution in [1.29, 1.82) is 0 Å². The summed E-state index contributed by atoms with van der Waals surface area (Å²) >= 11 is 5.84. The molecule has 5 nitrogen and oxygen atoms in total. The summed E-state index contributed by atoms with van der Waals surface area (Å²) < 4.78 is 16.7. The fourth-order valence-electron chi connectivity index (χ4n) is 2.78. The molecular formula is C20H22ClNO4. The van der Waals surface area contributed by atoms with Gasteiger partial charge in [-0.25, -0.2) is 0 Å². The SMILES string of the molecule is CC(C)C(NC(=O)COc1ccc(Cl)cc1)c1ccc2c(c1)OCCO2. The van der Waals surface area contributed by atoms with Gasteiger partial charge in [0.05, 0.1) is 6.04 Å². The largest absolute Gasteiger partial charge is 0.486 e. The monoisotopic (exact) mass is 375 g/mol. The van der Waals surface area contributed by atoms with Gasteiger partial charge >= 0.3 is 0 Å². The smallest absolute Gasteiger partial charge is 0.258 e. The van der Waals surface area contributed by atoms with E-state index >= 15 is 0 Å². The van der Waals surface area contributed by atoms with E-state index in [0.717, 1.165) is 11.3 Å². The summed E-state index contributed by atoms with van der Waals surface area (Å²) in [5, 5.41) is 3.66. The van der Waals surface area contributed by atoms with Crippen LogP contribution in [0.2, 0.25) is 5.02 Å². The highest BCUT2D eigenvalue weighted by atomic mass is 35.5. The molecule has 0 fully saturated rings. The number of ether oxygens (including phenoxy) is 3. The quantitative estimate of drug-likeness (QED) is 0.829. The molecule has 2 aromatic rings. The third-order valence-electron chi connectivity index (χ3n) is 4.09. The Morgan fingerprint density at radius 3 is 2.50 bits per heavy atom. The zero-order chi connectivity index (χ0) is 18.5. The lowest BCUT2D eigenvalue weighted by Crippen LogP contribution is -2.35. The zero-order valence-electron chi connectivity index (χ0n) is 14.8. The molecule has 0 spiro atoms. The van der Waals surface area contributed by atoms with Crippen LogP contribution in [0.3, 0.4) is 0 Å². The molecule has 6 heteroatoms. The first-order valence-corrected chi connectivity index (χ1v) is 8.98. The molecule has 0 aromatic heterocycles. The lowest BCUT2D eigenvalue weighted by Gasteiger charge is -2.25. The minimum Gasteiger partial charge on any atom is -0.486 e. The van der Waals surface area contributed by atoms with Gasteiger partial charge in [0.15, 0.2) is 18.1 Å². The summed E-state index contributed by atoms with van der Waals surface area (Å²) in [5.74, 6) is 2.07. The van der Waals surface area contributed by atoms with E-state index in [4.69, 9.17) is 25.8 Å². The third kappa shape index (κ3) is 4.61. The van der Waals surface area contributed by atoms with Gasteiger partial charge in [-0.15, -0.1) is 0 Å². The first-order valence-electron chi connectivity index (χ1n) is 8.60. The van der Waals surface area contributed by atoms with Crippen molar-refractivity contribution in [3.63, 3.8) is 0 Å². The number of hydrogen-bond donors (Lipinski definition) is 1. The summed E-state index contributed by atoms with van der Waals surface area (Å²) in [6, 6.07) is 12.5. The Labute approximate surface area is 158 Å². The minimum absolute atomic E-state index is 0.0601. The van der Waals surface area contributed by atoms with Gasteiger partial charge in [-0.2, -0.15) is 0 Å². The van der Waals surface area contributed by atoms with Crippen LogP contribution in [0.1, 0.15) is 25.5 Å². The van der Waals surface area contributed by atoms with Crippen molar-refractivity contribution in [1.82, 2.24) is 5.32 Å². The van der Waals surface area contributed by atoms with Crippen LogP contribution in [0.15, 0.2) is 42.5 Å². The molecule has 1 amide bonds. The number of halogens is 1. The standard InChI is InChI=1S/C20H22ClNO4/c1-13(2)20(14-3-8-17-18(11-14)25-10-9-24-17)22-19(23)12-26-16-6-4-15(21)5-7-16/h3-8,11,13,20H,9-10,12H2,1-2H3,(H,22,23). The second-order valence-corrected chi connectivity index (χ2v) is 6.87. The predicted molar refractivity (Wildman–Crippen MR) is 100 cm³/mol. The number of nitrogens with one attached hydrogen (secondary N) is 1. The number of carbonyl (C=O) groups is 1. The molecule has 1 atom stereocenters. The van der Waals surface area contributed by atoms with E-state index < -0.39 is 0 Å². The maximum Gasteiger partial charge on any atom is 0.258 e. The molecular weight excluding hydrogens is 354 g/mol. The summed E-state index contributed by atoms with van der Waals surface area (Å²) in [5.41, 5.74) is 0.976. The zero-order valence-corrected chi connectivity index (χ0v) is 15.6. The second-order valence-electron chi connectivity index (χ2n) is 6.43. The van der Waals surface area contributed by atoms with Gasteiger partial charge in [0.1, 0.15) is 19.0 Å². The lowest BCUT2D eigenvalue weighted by molar-refractivity contribution is -0.124. The molecule has 1 heterocycles. The minimum atomic E-state index is -0.187. The molecule has 0 saturated heterocycles. The average molecular weight is 376 g/mol. The fraction of sp³-hybridized carbons (Fsp3) is 0.350. The molecule has 0 radical (unpaired) electrons. The van der Waals surface area contributed by atoms with Crippen LogP contribution >= 0.6 is 11.6 Å². The molecule has 1 aliphatic heterocycles. The highest BCUT2D eigenvalue weighted by Gasteiger charge is 2.21. The van der Waals surface area contributed by atoms with Crippen LogP contribution in [-0.2, 0) is 4.79 Å². The first kappa shape index (κ1) is 18.4. The van der Waals surface area contributed by atoms with Crippen LogP contribution in [0.5, 0.6) is 17.2 Å². The molecule has 3 rings (SSSR count). The van der Waals surface area contributed by atoms with Gasteiger partial charge in [-0.3, -0.25) is 4.79 Å². The van der Waals surface area contributed by atoms with Gasteiger partial charge in [0, 0.05) is 5.02 Å². The van der Waals surface area contributed by atoms with Crippen molar-refractivity contribution in [2.45, 2.75) is 19.9 Å².